The summed E-state index contributed by atoms with van der Waals surface area (Å²) in [4.78, 5) is 23.4. The Labute approximate surface area is 102 Å². The molecule has 0 aromatic carbocycles. The monoisotopic (exact) mass is 247 g/mol. The molecule has 0 aliphatic heterocycles. The molecule has 17 heavy (non-hydrogen) atoms. The van der Waals surface area contributed by atoms with Crippen LogP contribution in [0.1, 0.15) is 22.3 Å². The molecule has 0 amide bonds. The standard InChI is InChI=1S/C11H9N3O2S/c1-7(9-6-12-3-4-13-9)14-8-2-5-17-10(8)11(15)16/h2-6H,1H3,(H,15,16). The van der Waals surface area contributed by atoms with Crippen LogP contribution in [-0.2, 0) is 0 Å². The van der Waals surface area contributed by atoms with Gasteiger partial charge in [-0.1, -0.05) is 0 Å². The highest BCUT2D eigenvalue weighted by Crippen LogP contribution is 2.25. The fraction of sp³-hybridized carbons (Fsp3) is 0.0909. The van der Waals surface area contributed by atoms with Crippen molar-refractivity contribution in [3.63, 3.8) is 0 Å². The van der Waals surface area contributed by atoms with Gasteiger partial charge in [0.2, 0.25) is 0 Å². The van der Waals surface area contributed by atoms with E-state index in [4.69, 9.17) is 5.11 Å². The van der Waals surface area contributed by atoms with E-state index in [1.165, 1.54) is 0 Å². The molecule has 0 atom stereocenters. The summed E-state index contributed by atoms with van der Waals surface area (Å²) in [5, 5.41) is 10.7. The van der Waals surface area contributed by atoms with Crippen LogP contribution in [0.4, 0.5) is 5.69 Å². The lowest BCUT2D eigenvalue weighted by molar-refractivity contribution is 0.0703. The van der Waals surface area contributed by atoms with E-state index in [1.54, 1.807) is 37.0 Å². The molecule has 0 unspecified atom stereocenters. The minimum atomic E-state index is -0.967. The predicted molar refractivity (Wildman–Crippen MR) is 65.2 cm³/mol. The lowest BCUT2D eigenvalue weighted by Gasteiger charge is -1.98. The Hall–Kier alpha value is -2.08. The largest absolute Gasteiger partial charge is 0.477 e. The van der Waals surface area contributed by atoms with E-state index in [0.29, 0.717) is 17.1 Å². The molecule has 0 bridgehead atoms. The van der Waals surface area contributed by atoms with E-state index in [2.05, 4.69) is 15.0 Å². The lowest BCUT2D eigenvalue weighted by atomic mass is 10.3. The van der Waals surface area contributed by atoms with Crippen molar-refractivity contribution in [3.05, 3.63) is 40.6 Å². The highest BCUT2D eigenvalue weighted by Gasteiger charge is 2.11. The van der Waals surface area contributed by atoms with Gasteiger partial charge in [0.05, 0.1) is 17.6 Å². The summed E-state index contributed by atoms with van der Waals surface area (Å²) in [7, 11) is 0. The van der Waals surface area contributed by atoms with Crippen LogP contribution in [0.5, 0.6) is 0 Å². The van der Waals surface area contributed by atoms with Gasteiger partial charge >= 0.3 is 5.97 Å². The van der Waals surface area contributed by atoms with E-state index in [9.17, 15) is 4.79 Å². The van der Waals surface area contributed by atoms with Crippen LogP contribution < -0.4 is 0 Å². The quantitative estimate of drug-likeness (QED) is 0.845. The Morgan fingerprint density at radius 2 is 2.29 bits per heavy atom. The zero-order chi connectivity index (χ0) is 12.3. The summed E-state index contributed by atoms with van der Waals surface area (Å²) in [6.07, 6.45) is 4.73. The van der Waals surface area contributed by atoms with Crippen LogP contribution in [0.3, 0.4) is 0 Å². The minimum absolute atomic E-state index is 0.230. The summed E-state index contributed by atoms with van der Waals surface area (Å²) in [5.41, 5.74) is 1.72. The number of hydrogen-bond acceptors (Lipinski definition) is 5. The fourth-order valence-electron chi connectivity index (χ4n) is 1.27. The van der Waals surface area contributed by atoms with Gasteiger partial charge in [-0.25, -0.2) is 9.79 Å². The van der Waals surface area contributed by atoms with Gasteiger partial charge in [0.25, 0.3) is 0 Å². The SMILES string of the molecule is CC(=Nc1ccsc1C(=O)O)c1cnccn1. The summed E-state index contributed by atoms with van der Waals surface area (Å²) in [6.45, 7) is 1.77. The smallest absolute Gasteiger partial charge is 0.348 e. The maximum atomic E-state index is 10.9. The minimum Gasteiger partial charge on any atom is -0.477 e. The third kappa shape index (κ3) is 2.54. The Kier molecular flexibility index (Phi) is 3.24. The molecule has 1 N–H and O–H groups in total. The second-order valence-corrected chi connectivity index (χ2v) is 4.14. The van der Waals surface area contributed by atoms with E-state index >= 15 is 0 Å². The Balaban J connectivity index is 2.37. The van der Waals surface area contributed by atoms with Crippen molar-refractivity contribution < 1.29 is 9.90 Å². The molecule has 0 spiro atoms. The van der Waals surface area contributed by atoms with E-state index in [1.807, 2.05) is 0 Å². The number of hydrogen-bond donors (Lipinski definition) is 1. The highest BCUT2D eigenvalue weighted by atomic mass is 32.1. The van der Waals surface area contributed by atoms with Crippen molar-refractivity contribution in [3.8, 4) is 0 Å². The number of carbonyl (C=O) groups is 1. The topological polar surface area (TPSA) is 75.4 Å². The van der Waals surface area contributed by atoms with Gasteiger partial charge in [0, 0.05) is 12.4 Å². The Bertz CT molecular complexity index is 563. The van der Waals surface area contributed by atoms with Crippen molar-refractivity contribution in [2.75, 3.05) is 0 Å². The Morgan fingerprint density at radius 3 is 2.94 bits per heavy atom. The molecule has 2 aromatic rings. The molecule has 0 saturated carbocycles. The zero-order valence-electron chi connectivity index (χ0n) is 8.99. The van der Waals surface area contributed by atoms with E-state index < -0.39 is 5.97 Å². The number of aromatic nitrogens is 2. The number of thiophene rings is 1. The van der Waals surface area contributed by atoms with Gasteiger partial charge in [-0.05, 0) is 18.4 Å². The van der Waals surface area contributed by atoms with Crippen LogP contribution in [0.2, 0.25) is 0 Å². The van der Waals surface area contributed by atoms with Crippen molar-refractivity contribution in [1.29, 1.82) is 0 Å². The number of nitrogens with zero attached hydrogens (tertiary/aromatic N) is 3. The van der Waals surface area contributed by atoms with Crippen LogP contribution >= 0.6 is 11.3 Å². The maximum absolute atomic E-state index is 10.9. The molecule has 86 valence electrons. The number of aliphatic imine (C=N–C) groups is 1. The van der Waals surface area contributed by atoms with E-state index in [-0.39, 0.29) is 4.88 Å². The summed E-state index contributed by atoms with van der Waals surface area (Å²) in [5.74, 6) is -0.967. The van der Waals surface area contributed by atoms with Gasteiger partial charge in [0.15, 0.2) is 0 Å². The molecule has 0 aliphatic rings. The van der Waals surface area contributed by atoms with Gasteiger partial charge in [0.1, 0.15) is 10.6 Å². The van der Waals surface area contributed by atoms with Crippen LogP contribution in [0, 0.1) is 0 Å². The third-order valence-electron chi connectivity index (χ3n) is 2.06. The lowest BCUT2D eigenvalue weighted by Crippen LogP contribution is -1.99. The number of aromatic carboxylic acids is 1. The third-order valence-corrected chi connectivity index (χ3v) is 2.95. The van der Waals surface area contributed by atoms with Crippen molar-refractivity contribution in [1.82, 2.24) is 9.97 Å². The van der Waals surface area contributed by atoms with Crippen molar-refractivity contribution in [2.45, 2.75) is 6.92 Å². The zero-order valence-corrected chi connectivity index (χ0v) is 9.81. The maximum Gasteiger partial charge on any atom is 0.348 e. The molecular formula is C11H9N3O2S. The van der Waals surface area contributed by atoms with Crippen LogP contribution in [0.15, 0.2) is 35.0 Å². The van der Waals surface area contributed by atoms with Gasteiger partial charge in [-0.15, -0.1) is 11.3 Å². The second kappa shape index (κ2) is 4.84. The van der Waals surface area contributed by atoms with E-state index in [0.717, 1.165) is 11.3 Å². The predicted octanol–water partition coefficient (Wildman–Crippen LogP) is 2.38. The molecular weight excluding hydrogens is 238 g/mol. The van der Waals surface area contributed by atoms with Crippen LogP contribution in [-0.4, -0.2) is 26.8 Å². The molecule has 2 aromatic heterocycles. The first-order chi connectivity index (χ1) is 8.18. The summed E-state index contributed by atoms with van der Waals surface area (Å²) in [6, 6.07) is 1.67. The average Bonchev–Trinajstić information content (AvgIpc) is 2.78. The fourth-order valence-corrected chi connectivity index (χ4v) is 1.94. The molecule has 0 fully saturated rings. The number of rotatable bonds is 3. The molecule has 0 aliphatic carbocycles. The van der Waals surface area contributed by atoms with Gasteiger partial charge in [-0.3, -0.25) is 9.97 Å². The first-order valence-corrected chi connectivity index (χ1v) is 5.69. The first kappa shape index (κ1) is 11.4. The second-order valence-electron chi connectivity index (χ2n) is 3.23. The normalized spacial score (nSPS) is 11.5. The van der Waals surface area contributed by atoms with Crippen LogP contribution in [0.25, 0.3) is 0 Å². The Morgan fingerprint density at radius 1 is 1.47 bits per heavy atom. The molecule has 2 rings (SSSR count). The molecule has 5 nitrogen and oxygen atoms in total. The van der Waals surface area contributed by atoms with Crippen molar-refractivity contribution >= 4 is 28.7 Å². The summed E-state index contributed by atoms with van der Waals surface area (Å²) >= 11 is 1.15. The summed E-state index contributed by atoms with van der Waals surface area (Å²) < 4.78 is 0. The molecule has 0 saturated heterocycles. The molecule has 6 heteroatoms. The van der Waals surface area contributed by atoms with Gasteiger partial charge < -0.3 is 5.11 Å². The number of carboxylic acid groups (broad SMARTS) is 1. The molecule has 2 heterocycles. The average molecular weight is 247 g/mol. The first-order valence-electron chi connectivity index (χ1n) is 4.81. The van der Waals surface area contributed by atoms with Gasteiger partial charge in [-0.2, -0.15) is 0 Å². The molecule has 0 radical (unpaired) electrons. The highest BCUT2D eigenvalue weighted by molar-refractivity contribution is 7.12. The number of carboxylic acids is 1. The van der Waals surface area contributed by atoms with Crippen molar-refractivity contribution in [2.24, 2.45) is 4.99 Å².